The number of benzene rings is 1. The number of nitrogen functional groups attached to an aromatic ring is 1. The van der Waals surface area contributed by atoms with Gasteiger partial charge in [0.2, 0.25) is 5.78 Å². The molecule has 0 fully saturated rings. The number of hydrogen-bond acceptors (Lipinski definition) is 4. The van der Waals surface area contributed by atoms with E-state index in [-0.39, 0.29) is 11.8 Å². The fourth-order valence-corrected chi connectivity index (χ4v) is 2.05. The highest BCUT2D eigenvalue weighted by atomic mass is 16.2. The number of rotatable bonds is 6. The summed E-state index contributed by atoms with van der Waals surface area (Å²) in [7, 11) is 0. The van der Waals surface area contributed by atoms with E-state index in [1.807, 2.05) is 19.1 Å². The van der Waals surface area contributed by atoms with Crippen molar-refractivity contribution in [2.24, 2.45) is 11.5 Å². The van der Waals surface area contributed by atoms with Crippen molar-refractivity contribution in [3.63, 3.8) is 0 Å². The Bertz CT molecular complexity index is 526. The van der Waals surface area contributed by atoms with Gasteiger partial charge in [0.25, 0.3) is 0 Å². The molecule has 5 heteroatoms. The summed E-state index contributed by atoms with van der Waals surface area (Å²) < 4.78 is 0. The normalized spacial score (nSPS) is 12.6. The van der Waals surface area contributed by atoms with E-state index in [1.165, 1.54) is 13.3 Å². The Morgan fingerprint density at radius 3 is 2.18 bits per heavy atom. The molecule has 5 nitrogen and oxygen atoms in total. The summed E-state index contributed by atoms with van der Waals surface area (Å²) >= 11 is 0. The van der Waals surface area contributed by atoms with Crippen molar-refractivity contribution in [3.8, 4) is 0 Å². The summed E-state index contributed by atoms with van der Waals surface area (Å²) in [6.07, 6.45) is 1.60. The average molecular weight is 305 g/mol. The van der Waals surface area contributed by atoms with Gasteiger partial charge in [-0.15, -0.1) is 0 Å². The SMILES string of the molecule is CC(=O)C(=O)[C@@H](N)CC(C)c1ccccc1C(=N)N.CCC. The Morgan fingerprint density at radius 1 is 1.23 bits per heavy atom. The second kappa shape index (κ2) is 9.84. The molecule has 1 aromatic rings. The molecule has 0 bridgehead atoms. The van der Waals surface area contributed by atoms with Crippen LogP contribution in [0.1, 0.15) is 57.6 Å². The van der Waals surface area contributed by atoms with Crippen molar-refractivity contribution in [2.45, 2.75) is 52.5 Å². The van der Waals surface area contributed by atoms with Crippen LogP contribution in [0, 0.1) is 5.41 Å². The minimum Gasteiger partial charge on any atom is -0.384 e. The fraction of sp³-hybridized carbons (Fsp3) is 0.471. The van der Waals surface area contributed by atoms with Gasteiger partial charge in [-0.05, 0) is 17.9 Å². The molecule has 122 valence electrons. The molecule has 2 atom stereocenters. The van der Waals surface area contributed by atoms with Gasteiger partial charge in [-0.3, -0.25) is 15.0 Å². The Morgan fingerprint density at radius 2 is 1.73 bits per heavy atom. The number of carbonyl (C=O) groups is 2. The molecule has 0 spiro atoms. The smallest absolute Gasteiger partial charge is 0.214 e. The van der Waals surface area contributed by atoms with E-state index in [1.54, 1.807) is 12.1 Å². The lowest BCUT2D eigenvalue weighted by Crippen LogP contribution is -2.36. The zero-order valence-corrected chi connectivity index (χ0v) is 13.8. The number of carbonyl (C=O) groups excluding carboxylic acids is 2. The van der Waals surface area contributed by atoms with Crippen molar-refractivity contribution >= 4 is 17.4 Å². The van der Waals surface area contributed by atoms with Crippen LogP contribution in [-0.4, -0.2) is 23.4 Å². The molecular formula is C17H27N3O2. The molecule has 0 aromatic heterocycles. The number of ketones is 2. The summed E-state index contributed by atoms with van der Waals surface area (Å²) in [5, 5.41) is 7.53. The number of nitrogens with one attached hydrogen (secondary N) is 1. The highest BCUT2D eigenvalue weighted by Gasteiger charge is 2.22. The lowest BCUT2D eigenvalue weighted by Gasteiger charge is -2.18. The maximum Gasteiger partial charge on any atom is 0.214 e. The van der Waals surface area contributed by atoms with Gasteiger partial charge in [0.1, 0.15) is 5.84 Å². The minimum absolute atomic E-state index is 0.0195. The van der Waals surface area contributed by atoms with Crippen LogP contribution < -0.4 is 11.5 Å². The van der Waals surface area contributed by atoms with Crippen LogP contribution >= 0.6 is 0 Å². The molecule has 22 heavy (non-hydrogen) atoms. The van der Waals surface area contributed by atoms with Gasteiger partial charge in [-0.1, -0.05) is 51.5 Å². The van der Waals surface area contributed by atoms with E-state index in [9.17, 15) is 9.59 Å². The van der Waals surface area contributed by atoms with Crippen LogP contribution in [0.3, 0.4) is 0 Å². The second-order valence-corrected chi connectivity index (χ2v) is 5.37. The quantitative estimate of drug-likeness (QED) is 0.425. The first-order valence-electron chi connectivity index (χ1n) is 7.49. The summed E-state index contributed by atoms with van der Waals surface area (Å²) in [6.45, 7) is 7.37. The van der Waals surface area contributed by atoms with E-state index in [2.05, 4.69) is 13.8 Å². The molecule has 1 rings (SSSR count). The Labute approximate surface area is 132 Å². The van der Waals surface area contributed by atoms with Crippen molar-refractivity contribution in [2.75, 3.05) is 0 Å². The van der Waals surface area contributed by atoms with Crippen molar-refractivity contribution in [1.29, 1.82) is 5.41 Å². The van der Waals surface area contributed by atoms with Crippen LogP contribution in [0.25, 0.3) is 0 Å². The summed E-state index contributed by atoms with van der Waals surface area (Å²) in [6, 6.07) is 6.44. The van der Waals surface area contributed by atoms with Crippen LogP contribution in [0.4, 0.5) is 0 Å². The van der Waals surface area contributed by atoms with Gasteiger partial charge in [0.15, 0.2) is 5.78 Å². The summed E-state index contributed by atoms with van der Waals surface area (Å²) in [4.78, 5) is 22.5. The second-order valence-electron chi connectivity index (χ2n) is 5.37. The Kier molecular flexibility index (Phi) is 8.94. The first kappa shape index (κ1) is 20.0. The van der Waals surface area contributed by atoms with Gasteiger partial charge < -0.3 is 11.5 Å². The highest BCUT2D eigenvalue weighted by molar-refractivity contribution is 6.38. The summed E-state index contributed by atoms with van der Waals surface area (Å²) in [5.41, 5.74) is 12.7. The predicted octanol–water partition coefficient (Wildman–Crippen LogP) is 2.37. The molecule has 5 N–H and O–H groups in total. The molecule has 0 aliphatic heterocycles. The van der Waals surface area contributed by atoms with Crippen LogP contribution in [0.15, 0.2) is 24.3 Å². The lowest BCUT2D eigenvalue weighted by atomic mass is 9.88. The number of amidine groups is 1. The fourth-order valence-electron chi connectivity index (χ4n) is 2.05. The molecule has 1 aromatic carbocycles. The zero-order valence-electron chi connectivity index (χ0n) is 13.8. The first-order chi connectivity index (χ1) is 10.3. The monoisotopic (exact) mass is 305 g/mol. The third-order valence-electron chi connectivity index (χ3n) is 3.07. The van der Waals surface area contributed by atoms with Gasteiger partial charge >= 0.3 is 0 Å². The molecule has 0 aliphatic rings. The van der Waals surface area contributed by atoms with Gasteiger partial charge in [-0.25, -0.2) is 0 Å². The van der Waals surface area contributed by atoms with Crippen LogP contribution in [-0.2, 0) is 9.59 Å². The molecule has 0 amide bonds. The largest absolute Gasteiger partial charge is 0.384 e. The van der Waals surface area contributed by atoms with E-state index < -0.39 is 17.6 Å². The van der Waals surface area contributed by atoms with Crippen LogP contribution in [0.5, 0.6) is 0 Å². The van der Waals surface area contributed by atoms with Crippen molar-refractivity contribution < 1.29 is 9.59 Å². The Balaban J connectivity index is 0.00000135. The summed E-state index contributed by atoms with van der Waals surface area (Å²) in [5.74, 6) is -1.17. The third-order valence-corrected chi connectivity index (χ3v) is 3.07. The number of nitrogens with two attached hydrogens (primary N) is 2. The zero-order chi connectivity index (χ0) is 17.3. The molecule has 0 heterocycles. The molecular weight excluding hydrogens is 278 g/mol. The molecule has 0 radical (unpaired) electrons. The molecule has 1 unspecified atom stereocenters. The highest BCUT2D eigenvalue weighted by Crippen LogP contribution is 2.23. The predicted molar refractivity (Wildman–Crippen MR) is 90.1 cm³/mol. The lowest BCUT2D eigenvalue weighted by molar-refractivity contribution is -0.136. The standard InChI is InChI=1S/C14H19N3O2.C3H8/c1-8(7-12(15)13(19)9(2)18)10-5-3-4-6-11(10)14(16)17;1-3-2/h3-6,8,12H,7,15H2,1-2H3,(H3,16,17);3H2,1-2H3/t8?,12-;/m0./s1. The number of hydrogen-bond donors (Lipinski definition) is 3. The topological polar surface area (TPSA) is 110 Å². The Hall–Kier alpha value is -2.01. The van der Waals surface area contributed by atoms with Gasteiger partial charge in [-0.2, -0.15) is 0 Å². The first-order valence-corrected chi connectivity index (χ1v) is 7.49. The van der Waals surface area contributed by atoms with Gasteiger partial charge in [0.05, 0.1) is 6.04 Å². The molecule has 0 saturated carbocycles. The maximum absolute atomic E-state index is 11.5. The van der Waals surface area contributed by atoms with Crippen LogP contribution in [0.2, 0.25) is 0 Å². The van der Waals surface area contributed by atoms with E-state index in [0.717, 1.165) is 5.56 Å². The maximum atomic E-state index is 11.5. The third kappa shape index (κ3) is 6.18. The van der Waals surface area contributed by atoms with Crippen molar-refractivity contribution in [3.05, 3.63) is 35.4 Å². The number of Topliss-reactive ketones (excluding diaryl/α,β-unsaturated/α-hetero) is 2. The molecule has 0 saturated heterocycles. The van der Waals surface area contributed by atoms with E-state index in [0.29, 0.717) is 12.0 Å². The average Bonchev–Trinajstić information content (AvgIpc) is 2.46. The molecule has 0 aliphatic carbocycles. The van der Waals surface area contributed by atoms with E-state index >= 15 is 0 Å². The minimum atomic E-state index is -0.812. The van der Waals surface area contributed by atoms with Gasteiger partial charge in [0, 0.05) is 12.5 Å². The van der Waals surface area contributed by atoms with E-state index in [4.69, 9.17) is 16.9 Å². The van der Waals surface area contributed by atoms with Crippen molar-refractivity contribution in [1.82, 2.24) is 0 Å².